The van der Waals surface area contributed by atoms with Gasteiger partial charge in [0, 0.05) is 29.2 Å². The summed E-state index contributed by atoms with van der Waals surface area (Å²) in [6, 6.07) is 14.6. The largest absolute Gasteiger partial charge is 0.497 e. The van der Waals surface area contributed by atoms with Gasteiger partial charge in [-0.1, -0.05) is 30.3 Å². The molecule has 0 bridgehead atoms. The number of ether oxygens (including phenoxy) is 2. The Morgan fingerprint density at radius 1 is 1.18 bits per heavy atom. The Morgan fingerprint density at radius 2 is 2.00 bits per heavy atom. The fraction of sp³-hybridized carbons (Fsp3) is 0.273. The molecule has 1 aliphatic heterocycles. The molecule has 1 aliphatic rings. The predicted molar refractivity (Wildman–Crippen MR) is 106 cm³/mol. The molecule has 1 atom stereocenters. The molecule has 1 fully saturated rings. The number of ketones is 1. The number of hydrogen-bond acceptors (Lipinski definition) is 4. The highest BCUT2D eigenvalue weighted by Crippen LogP contribution is 2.28. The lowest BCUT2D eigenvalue weighted by Gasteiger charge is -2.23. The molecule has 28 heavy (non-hydrogen) atoms. The fourth-order valence-electron chi connectivity index (χ4n) is 3.67. The number of carbonyl (C=O) groups excluding carboxylic acids is 2. The van der Waals surface area contributed by atoms with Gasteiger partial charge in [-0.05, 0) is 36.6 Å². The highest BCUT2D eigenvalue weighted by atomic mass is 16.6. The SMILES string of the molecule is COc1ccc2[nH]cc(C(=O)[C@@H]3CCCN3C(=O)OCc3ccccc3)c2c1. The highest BCUT2D eigenvalue weighted by Gasteiger charge is 2.36. The van der Waals surface area contributed by atoms with E-state index in [1.54, 1.807) is 18.2 Å². The van der Waals surface area contributed by atoms with Crippen LogP contribution in [-0.4, -0.2) is 41.5 Å². The third-order valence-corrected chi connectivity index (χ3v) is 5.15. The quantitative estimate of drug-likeness (QED) is 0.677. The van der Waals surface area contributed by atoms with Gasteiger partial charge in [-0.15, -0.1) is 0 Å². The van der Waals surface area contributed by atoms with E-state index in [0.717, 1.165) is 22.9 Å². The molecule has 0 spiro atoms. The van der Waals surface area contributed by atoms with Crippen molar-refractivity contribution in [3.63, 3.8) is 0 Å². The Bertz CT molecular complexity index is 996. The lowest BCUT2D eigenvalue weighted by atomic mass is 10.0. The second-order valence-corrected chi connectivity index (χ2v) is 6.87. The normalized spacial score (nSPS) is 16.3. The molecule has 0 unspecified atom stereocenters. The number of nitrogens with zero attached hydrogens (tertiary/aromatic N) is 1. The third-order valence-electron chi connectivity index (χ3n) is 5.15. The van der Waals surface area contributed by atoms with E-state index < -0.39 is 12.1 Å². The third kappa shape index (κ3) is 3.45. The van der Waals surface area contributed by atoms with Crippen LogP contribution < -0.4 is 4.74 Å². The summed E-state index contributed by atoms with van der Waals surface area (Å²) < 4.78 is 10.7. The first-order valence-electron chi connectivity index (χ1n) is 9.34. The van der Waals surface area contributed by atoms with Crippen molar-refractivity contribution in [1.29, 1.82) is 0 Å². The van der Waals surface area contributed by atoms with Crippen LogP contribution in [0.25, 0.3) is 10.9 Å². The first-order valence-corrected chi connectivity index (χ1v) is 9.34. The zero-order valence-electron chi connectivity index (χ0n) is 15.7. The van der Waals surface area contributed by atoms with Gasteiger partial charge in [0.25, 0.3) is 0 Å². The van der Waals surface area contributed by atoms with Crippen molar-refractivity contribution in [3.8, 4) is 5.75 Å². The van der Waals surface area contributed by atoms with Crippen molar-refractivity contribution in [2.24, 2.45) is 0 Å². The number of hydrogen-bond donors (Lipinski definition) is 1. The Morgan fingerprint density at radius 3 is 2.79 bits per heavy atom. The lowest BCUT2D eigenvalue weighted by Crippen LogP contribution is -2.40. The molecule has 0 radical (unpaired) electrons. The van der Waals surface area contributed by atoms with Gasteiger partial charge in [0.15, 0.2) is 5.78 Å². The number of carbonyl (C=O) groups is 2. The van der Waals surface area contributed by atoms with Gasteiger partial charge >= 0.3 is 6.09 Å². The summed E-state index contributed by atoms with van der Waals surface area (Å²) in [7, 11) is 1.59. The topological polar surface area (TPSA) is 71.6 Å². The number of H-pyrrole nitrogens is 1. The number of Topliss-reactive ketones (excluding diaryl/α,β-unsaturated/α-hetero) is 1. The second-order valence-electron chi connectivity index (χ2n) is 6.87. The molecule has 144 valence electrons. The van der Waals surface area contributed by atoms with Crippen LogP contribution in [0.5, 0.6) is 5.75 Å². The molecule has 4 rings (SSSR count). The van der Waals surface area contributed by atoms with Crippen molar-refractivity contribution >= 4 is 22.8 Å². The Kier molecular flexibility index (Phi) is 5.02. The summed E-state index contributed by atoms with van der Waals surface area (Å²) >= 11 is 0. The second kappa shape index (κ2) is 7.76. The molecule has 2 heterocycles. The monoisotopic (exact) mass is 378 g/mol. The number of rotatable bonds is 5. The van der Waals surface area contributed by atoms with Gasteiger partial charge in [0.2, 0.25) is 0 Å². The molecule has 2 aromatic carbocycles. The van der Waals surface area contributed by atoms with Crippen LogP contribution in [-0.2, 0) is 11.3 Å². The van der Waals surface area contributed by atoms with E-state index in [-0.39, 0.29) is 12.4 Å². The molecule has 0 saturated carbocycles. The minimum Gasteiger partial charge on any atom is -0.497 e. The summed E-state index contributed by atoms with van der Waals surface area (Å²) in [6.45, 7) is 0.719. The number of likely N-dealkylation sites (tertiary alicyclic amines) is 1. The van der Waals surface area contributed by atoms with Crippen LogP contribution in [0.2, 0.25) is 0 Å². The Balaban J connectivity index is 1.51. The van der Waals surface area contributed by atoms with Crippen LogP contribution in [0.3, 0.4) is 0 Å². The number of benzene rings is 2. The summed E-state index contributed by atoms with van der Waals surface area (Å²) in [6.07, 6.45) is 2.67. The maximum atomic E-state index is 13.2. The summed E-state index contributed by atoms with van der Waals surface area (Å²) in [5.74, 6) is 0.611. The van der Waals surface area contributed by atoms with E-state index in [2.05, 4.69) is 4.98 Å². The summed E-state index contributed by atoms with van der Waals surface area (Å²) in [4.78, 5) is 30.5. The Hall–Kier alpha value is -3.28. The van der Waals surface area contributed by atoms with Crippen LogP contribution in [0.4, 0.5) is 4.79 Å². The summed E-state index contributed by atoms with van der Waals surface area (Å²) in [5.41, 5.74) is 2.35. The van der Waals surface area contributed by atoms with Gasteiger partial charge in [-0.2, -0.15) is 0 Å². The van der Waals surface area contributed by atoms with Gasteiger partial charge in [0.1, 0.15) is 12.4 Å². The highest BCUT2D eigenvalue weighted by molar-refractivity contribution is 6.11. The number of aromatic amines is 1. The molecular formula is C22H22N2O4. The number of nitrogens with one attached hydrogen (secondary N) is 1. The van der Waals surface area contributed by atoms with E-state index in [1.165, 1.54) is 0 Å². The molecule has 6 heteroatoms. The Labute approximate surface area is 163 Å². The molecular weight excluding hydrogens is 356 g/mol. The zero-order valence-corrected chi connectivity index (χ0v) is 15.7. The summed E-state index contributed by atoms with van der Waals surface area (Å²) in [5, 5.41) is 0.800. The van der Waals surface area contributed by atoms with Crippen molar-refractivity contribution in [2.75, 3.05) is 13.7 Å². The fourth-order valence-corrected chi connectivity index (χ4v) is 3.67. The van der Waals surface area contributed by atoms with Crippen LogP contribution >= 0.6 is 0 Å². The standard InChI is InChI=1S/C22H22N2O4/c1-27-16-9-10-19-17(12-16)18(13-23-19)21(25)20-8-5-11-24(20)22(26)28-14-15-6-3-2-4-7-15/h2-4,6-7,9-10,12-13,20,23H,5,8,11,14H2,1H3/t20-/m0/s1. The number of fused-ring (bicyclic) bond motifs is 1. The van der Waals surface area contributed by atoms with E-state index in [0.29, 0.717) is 24.3 Å². The number of amides is 1. The maximum absolute atomic E-state index is 13.2. The number of aromatic nitrogens is 1. The maximum Gasteiger partial charge on any atom is 0.410 e. The molecule has 0 aliphatic carbocycles. The van der Waals surface area contributed by atoms with Crippen molar-refractivity contribution in [2.45, 2.75) is 25.5 Å². The minimum atomic E-state index is -0.506. The molecule has 1 aromatic heterocycles. The number of methoxy groups -OCH3 is 1. The van der Waals surface area contributed by atoms with E-state index in [1.807, 2.05) is 48.5 Å². The minimum absolute atomic E-state index is 0.0753. The average molecular weight is 378 g/mol. The van der Waals surface area contributed by atoms with Gasteiger partial charge in [-0.25, -0.2) is 4.79 Å². The van der Waals surface area contributed by atoms with Gasteiger partial charge in [0.05, 0.1) is 13.2 Å². The lowest BCUT2D eigenvalue weighted by molar-refractivity contribution is 0.0739. The van der Waals surface area contributed by atoms with E-state index in [9.17, 15) is 9.59 Å². The van der Waals surface area contributed by atoms with E-state index in [4.69, 9.17) is 9.47 Å². The predicted octanol–water partition coefficient (Wildman–Crippen LogP) is 4.16. The molecule has 1 amide bonds. The smallest absolute Gasteiger partial charge is 0.410 e. The average Bonchev–Trinajstić information content (AvgIpc) is 3.39. The van der Waals surface area contributed by atoms with Crippen LogP contribution in [0.15, 0.2) is 54.7 Å². The van der Waals surface area contributed by atoms with Crippen LogP contribution in [0, 0.1) is 0 Å². The van der Waals surface area contributed by atoms with Crippen molar-refractivity contribution < 1.29 is 19.1 Å². The van der Waals surface area contributed by atoms with Gasteiger partial charge < -0.3 is 14.5 Å². The zero-order chi connectivity index (χ0) is 19.5. The van der Waals surface area contributed by atoms with Crippen molar-refractivity contribution in [1.82, 2.24) is 9.88 Å². The first kappa shape index (κ1) is 18.1. The van der Waals surface area contributed by atoms with Gasteiger partial charge in [-0.3, -0.25) is 9.69 Å². The molecule has 1 N–H and O–H groups in total. The van der Waals surface area contributed by atoms with Crippen LogP contribution in [0.1, 0.15) is 28.8 Å². The molecule has 3 aromatic rings. The first-order chi connectivity index (χ1) is 13.7. The molecule has 6 nitrogen and oxygen atoms in total. The molecule has 1 saturated heterocycles. The van der Waals surface area contributed by atoms with E-state index >= 15 is 0 Å². The van der Waals surface area contributed by atoms with Crippen molar-refractivity contribution in [3.05, 3.63) is 65.9 Å².